The molecule has 10 heteroatoms. The van der Waals surface area contributed by atoms with Crippen molar-refractivity contribution in [3.05, 3.63) is 89.9 Å². The molecule has 39 heavy (non-hydrogen) atoms. The topological polar surface area (TPSA) is 110 Å². The molecule has 1 saturated heterocycles. The number of carbonyl (C=O) groups excluding carboxylic acids is 2. The van der Waals surface area contributed by atoms with Crippen LogP contribution in [0.4, 0.5) is 26.4 Å². The Balaban J connectivity index is 1.50. The molecule has 2 atom stereocenters. The highest BCUT2D eigenvalue weighted by molar-refractivity contribution is 7.80. The van der Waals surface area contributed by atoms with Crippen molar-refractivity contribution in [2.75, 3.05) is 30.0 Å². The highest BCUT2D eigenvalue weighted by Gasteiger charge is 2.36. The quantitative estimate of drug-likeness (QED) is 0.223. The Morgan fingerprint density at radius 1 is 1.13 bits per heavy atom. The Labute approximate surface area is 230 Å². The van der Waals surface area contributed by atoms with Crippen molar-refractivity contribution in [2.45, 2.75) is 29.8 Å². The minimum atomic E-state index is -0.983. The van der Waals surface area contributed by atoms with Crippen LogP contribution in [0.2, 0.25) is 0 Å². The zero-order valence-electron chi connectivity index (χ0n) is 21.2. The number of methoxy groups -OCH3 is 1. The van der Waals surface area contributed by atoms with E-state index in [1.54, 1.807) is 53.6 Å². The third-order valence-corrected chi connectivity index (χ3v) is 7.33. The highest BCUT2D eigenvalue weighted by Crippen LogP contribution is 2.39. The van der Waals surface area contributed by atoms with Gasteiger partial charge in [0.15, 0.2) is 0 Å². The first-order valence-corrected chi connectivity index (χ1v) is 12.9. The molecule has 3 aromatic carbocycles. The first-order valence-electron chi connectivity index (χ1n) is 12.5. The molecule has 5 rings (SSSR count). The van der Waals surface area contributed by atoms with E-state index in [2.05, 4.69) is 28.2 Å². The fraction of sp³-hybridized carbons (Fsp3) is 0.207. The number of hydrogen-bond acceptors (Lipinski definition) is 7. The molecule has 0 saturated carbocycles. The fourth-order valence-corrected chi connectivity index (χ4v) is 5.32. The number of aromatic nitrogens is 1. The number of likely N-dealkylation sites (tertiary alicyclic amines) is 1. The zero-order chi connectivity index (χ0) is 27.5. The molecule has 8 nitrogen and oxygen atoms in total. The molecule has 0 aliphatic carbocycles. The maximum atomic E-state index is 15.1. The first kappa shape index (κ1) is 26.3. The van der Waals surface area contributed by atoms with Crippen LogP contribution in [0.5, 0.6) is 0 Å². The SMILES string of the molecule is COC(=O)Nc1ccc(S)c([C@H]2CCCN2C(=O)[C@@H](Nc2ccc3c(N)nccc3c2)c2ccccc2F)c1. The van der Waals surface area contributed by atoms with Gasteiger partial charge in [-0.1, -0.05) is 18.2 Å². The van der Waals surface area contributed by atoms with Crippen molar-refractivity contribution in [3.63, 3.8) is 0 Å². The van der Waals surface area contributed by atoms with Crippen molar-refractivity contribution >= 4 is 52.6 Å². The Bertz CT molecular complexity index is 1550. The number of fused-ring (bicyclic) bond motifs is 1. The molecule has 0 spiro atoms. The van der Waals surface area contributed by atoms with E-state index >= 15 is 4.39 Å². The lowest BCUT2D eigenvalue weighted by Gasteiger charge is -2.31. The lowest BCUT2D eigenvalue weighted by Crippen LogP contribution is -2.38. The Morgan fingerprint density at radius 3 is 2.72 bits per heavy atom. The summed E-state index contributed by atoms with van der Waals surface area (Å²) in [6.45, 7) is 0.498. The maximum Gasteiger partial charge on any atom is 0.411 e. The van der Waals surface area contributed by atoms with E-state index < -0.39 is 18.0 Å². The molecule has 1 aliphatic heterocycles. The van der Waals surface area contributed by atoms with E-state index in [9.17, 15) is 9.59 Å². The minimum Gasteiger partial charge on any atom is -0.453 e. The van der Waals surface area contributed by atoms with Crippen LogP contribution in [-0.2, 0) is 9.53 Å². The van der Waals surface area contributed by atoms with Gasteiger partial charge in [-0.2, -0.15) is 0 Å². The molecule has 2 amide bonds. The van der Waals surface area contributed by atoms with Crippen LogP contribution < -0.4 is 16.4 Å². The Kier molecular flexibility index (Phi) is 7.56. The molecule has 2 heterocycles. The van der Waals surface area contributed by atoms with E-state index in [-0.39, 0.29) is 17.5 Å². The third-order valence-electron chi connectivity index (χ3n) is 6.92. The molecule has 0 bridgehead atoms. The Hall–Kier alpha value is -4.31. The van der Waals surface area contributed by atoms with Gasteiger partial charge in [-0.25, -0.2) is 14.2 Å². The molecule has 4 N–H and O–H groups in total. The van der Waals surface area contributed by atoms with Crippen molar-refractivity contribution in [1.82, 2.24) is 9.88 Å². The van der Waals surface area contributed by atoms with Crippen LogP contribution in [0.15, 0.2) is 77.8 Å². The third kappa shape index (κ3) is 5.46. The van der Waals surface area contributed by atoms with Gasteiger partial charge >= 0.3 is 6.09 Å². The summed E-state index contributed by atoms with van der Waals surface area (Å²) in [6, 6.07) is 17.6. The summed E-state index contributed by atoms with van der Waals surface area (Å²) in [6.07, 6.45) is 2.50. The average Bonchev–Trinajstić information content (AvgIpc) is 3.43. The fourth-order valence-electron chi connectivity index (χ4n) is 5.03. The van der Waals surface area contributed by atoms with E-state index in [1.165, 1.54) is 13.2 Å². The molecule has 0 radical (unpaired) electrons. The number of benzene rings is 3. The summed E-state index contributed by atoms with van der Waals surface area (Å²) in [4.78, 5) is 32.5. The maximum absolute atomic E-state index is 15.1. The number of amides is 2. The zero-order valence-corrected chi connectivity index (χ0v) is 22.1. The summed E-state index contributed by atoms with van der Waals surface area (Å²) in [7, 11) is 1.29. The summed E-state index contributed by atoms with van der Waals surface area (Å²) in [5.41, 5.74) is 8.21. The monoisotopic (exact) mass is 545 g/mol. The summed E-state index contributed by atoms with van der Waals surface area (Å²) in [5, 5.41) is 7.57. The molecule has 1 aliphatic rings. The molecule has 0 unspecified atom stereocenters. The number of pyridine rings is 1. The predicted octanol–water partition coefficient (Wildman–Crippen LogP) is 5.94. The predicted molar refractivity (Wildman–Crippen MR) is 152 cm³/mol. The number of carbonyl (C=O) groups is 2. The van der Waals surface area contributed by atoms with Gasteiger partial charge in [0.1, 0.15) is 17.7 Å². The molecule has 4 aromatic rings. The van der Waals surface area contributed by atoms with E-state index in [4.69, 9.17) is 10.5 Å². The first-order chi connectivity index (χ1) is 18.9. The van der Waals surface area contributed by atoms with Gasteiger partial charge in [0, 0.05) is 40.0 Å². The number of hydrogen-bond donors (Lipinski definition) is 4. The number of halogens is 1. The molecular weight excluding hydrogens is 517 g/mol. The van der Waals surface area contributed by atoms with Gasteiger partial charge in [-0.15, -0.1) is 12.6 Å². The smallest absolute Gasteiger partial charge is 0.411 e. The summed E-state index contributed by atoms with van der Waals surface area (Å²) >= 11 is 4.63. The number of thiol groups is 1. The highest BCUT2D eigenvalue weighted by atomic mass is 32.1. The van der Waals surface area contributed by atoms with Crippen LogP contribution in [0.1, 0.15) is 36.1 Å². The van der Waals surface area contributed by atoms with Crippen molar-refractivity contribution in [2.24, 2.45) is 0 Å². The molecule has 1 aromatic heterocycles. The number of ether oxygens (including phenoxy) is 1. The molecule has 200 valence electrons. The second kappa shape index (κ2) is 11.2. The standard InChI is InChI=1S/C29H28FN5O3S/c1-38-29(37)34-19-9-11-25(39)22(16-19)24-7-4-14-35(24)28(36)26(21-5-2-3-6-23(21)30)33-18-8-10-20-17(15-18)12-13-32-27(20)31/h2-3,5-6,8-13,15-16,24,26,33,39H,4,7,14H2,1H3,(H2,31,32)(H,34,37)/t24-,26+/m1/s1. The second-order valence-corrected chi connectivity index (χ2v) is 9.79. The number of anilines is 3. The second-order valence-electron chi connectivity index (χ2n) is 9.31. The normalized spacial score (nSPS) is 15.7. The average molecular weight is 546 g/mol. The number of nitrogens with zero attached hydrogens (tertiary/aromatic N) is 2. The van der Waals surface area contributed by atoms with Crippen LogP contribution in [0, 0.1) is 5.82 Å². The van der Waals surface area contributed by atoms with Crippen molar-refractivity contribution < 1.29 is 18.7 Å². The van der Waals surface area contributed by atoms with Gasteiger partial charge in [0.25, 0.3) is 0 Å². The van der Waals surface area contributed by atoms with Gasteiger partial charge in [-0.3, -0.25) is 10.1 Å². The van der Waals surface area contributed by atoms with E-state index in [1.807, 2.05) is 18.2 Å². The van der Waals surface area contributed by atoms with E-state index in [0.717, 1.165) is 22.8 Å². The van der Waals surface area contributed by atoms with Crippen molar-refractivity contribution in [1.29, 1.82) is 0 Å². The molecular formula is C29H28FN5O3S. The lowest BCUT2D eigenvalue weighted by atomic mass is 10.0. The van der Waals surface area contributed by atoms with Crippen LogP contribution in [0.3, 0.4) is 0 Å². The van der Waals surface area contributed by atoms with Gasteiger partial charge in [0.05, 0.1) is 13.2 Å². The van der Waals surface area contributed by atoms with Crippen molar-refractivity contribution in [3.8, 4) is 0 Å². The number of nitrogens with two attached hydrogens (primary N) is 1. The number of nitrogens with one attached hydrogen (secondary N) is 2. The summed E-state index contributed by atoms with van der Waals surface area (Å²) < 4.78 is 19.8. The number of rotatable bonds is 6. The van der Waals surface area contributed by atoms with Crippen LogP contribution >= 0.6 is 12.6 Å². The van der Waals surface area contributed by atoms with Gasteiger partial charge in [0.2, 0.25) is 5.91 Å². The van der Waals surface area contributed by atoms with Gasteiger partial charge in [-0.05, 0) is 72.3 Å². The molecule has 1 fully saturated rings. The Morgan fingerprint density at radius 2 is 1.92 bits per heavy atom. The summed E-state index contributed by atoms with van der Waals surface area (Å²) in [5.74, 6) is -0.337. The van der Waals surface area contributed by atoms with E-state index in [0.29, 0.717) is 35.1 Å². The minimum absolute atomic E-state index is 0.245. The number of nitrogen functional groups attached to an aromatic ring is 1. The lowest BCUT2D eigenvalue weighted by molar-refractivity contribution is -0.133. The van der Waals surface area contributed by atoms with Crippen LogP contribution in [0.25, 0.3) is 10.8 Å². The largest absolute Gasteiger partial charge is 0.453 e. The van der Waals surface area contributed by atoms with Gasteiger partial charge < -0.3 is 20.7 Å². The van der Waals surface area contributed by atoms with Crippen LogP contribution in [-0.4, -0.2) is 35.5 Å².